The highest BCUT2D eigenvalue weighted by atomic mass is 16.5. The van der Waals surface area contributed by atoms with Crippen molar-refractivity contribution in [1.29, 1.82) is 0 Å². The first-order valence-corrected chi connectivity index (χ1v) is 7.28. The van der Waals surface area contributed by atoms with E-state index >= 15 is 0 Å². The molecule has 1 aromatic carbocycles. The van der Waals surface area contributed by atoms with Crippen molar-refractivity contribution in [3.05, 3.63) is 23.8 Å². The van der Waals surface area contributed by atoms with Crippen molar-refractivity contribution in [3.8, 4) is 11.5 Å². The van der Waals surface area contributed by atoms with E-state index in [-0.39, 0.29) is 12.1 Å². The molecule has 3 nitrogen and oxygen atoms in total. The van der Waals surface area contributed by atoms with Crippen LogP contribution >= 0.6 is 0 Å². The fourth-order valence-electron chi connectivity index (χ4n) is 1.79. The Morgan fingerprint density at radius 3 is 2.42 bits per heavy atom. The molecule has 3 heteroatoms. The summed E-state index contributed by atoms with van der Waals surface area (Å²) in [5, 5.41) is 0. The highest BCUT2D eigenvalue weighted by Crippen LogP contribution is 2.30. The monoisotopic (exact) mass is 265 g/mol. The summed E-state index contributed by atoms with van der Waals surface area (Å²) in [6, 6.07) is 6.33. The van der Waals surface area contributed by atoms with E-state index in [1.54, 1.807) is 0 Å². The highest BCUT2D eigenvalue weighted by molar-refractivity contribution is 5.43. The lowest BCUT2D eigenvalue weighted by molar-refractivity contribution is 0.203. The Bertz CT molecular complexity index is 379. The first kappa shape index (κ1) is 15.8. The zero-order valence-electron chi connectivity index (χ0n) is 12.6. The number of ether oxygens (including phenoxy) is 2. The van der Waals surface area contributed by atoms with Gasteiger partial charge in [0.05, 0.1) is 12.7 Å². The zero-order valence-corrected chi connectivity index (χ0v) is 12.6. The maximum Gasteiger partial charge on any atom is 0.161 e. The molecule has 0 amide bonds. The fourth-order valence-corrected chi connectivity index (χ4v) is 1.79. The number of hydrogen-bond acceptors (Lipinski definition) is 3. The van der Waals surface area contributed by atoms with Crippen molar-refractivity contribution in [2.45, 2.75) is 59.1 Å². The summed E-state index contributed by atoms with van der Waals surface area (Å²) >= 11 is 0. The molecule has 0 aliphatic rings. The summed E-state index contributed by atoms with van der Waals surface area (Å²) < 4.78 is 11.5. The second kappa shape index (κ2) is 8.05. The summed E-state index contributed by atoms with van der Waals surface area (Å²) in [5.41, 5.74) is 7.20. The summed E-state index contributed by atoms with van der Waals surface area (Å²) in [5.74, 6) is 1.65. The largest absolute Gasteiger partial charge is 0.490 e. The van der Waals surface area contributed by atoms with Crippen LogP contribution < -0.4 is 15.2 Å². The van der Waals surface area contributed by atoms with E-state index < -0.39 is 0 Å². The lowest BCUT2D eigenvalue weighted by atomic mass is 10.0. The van der Waals surface area contributed by atoms with Crippen LogP contribution in [0.4, 0.5) is 0 Å². The first-order valence-electron chi connectivity index (χ1n) is 7.28. The van der Waals surface area contributed by atoms with Gasteiger partial charge in [-0.2, -0.15) is 0 Å². The second-order valence-corrected chi connectivity index (χ2v) is 4.92. The standard InChI is InChI=1S/C16H27NO2/c1-5-12(4)19-15-9-8-13(10-14(17)6-2)11-16(15)18-7-3/h8-9,11-12,14H,5-7,10,17H2,1-4H3. The molecule has 19 heavy (non-hydrogen) atoms. The van der Waals surface area contributed by atoms with E-state index in [1.807, 2.05) is 13.0 Å². The van der Waals surface area contributed by atoms with Crippen LogP contribution in [0, 0.1) is 0 Å². The molecule has 0 aliphatic heterocycles. The van der Waals surface area contributed by atoms with E-state index in [4.69, 9.17) is 15.2 Å². The van der Waals surface area contributed by atoms with Crippen molar-refractivity contribution in [2.75, 3.05) is 6.61 Å². The molecule has 108 valence electrons. The number of benzene rings is 1. The molecule has 1 rings (SSSR count). The minimum Gasteiger partial charge on any atom is -0.490 e. The minimum atomic E-state index is 0.197. The number of rotatable bonds is 8. The quantitative estimate of drug-likeness (QED) is 0.782. The van der Waals surface area contributed by atoms with Gasteiger partial charge < -0.3 is 15.2 Å². The van der Waals surface area contributed by atoms with Gasteiger partial charge in [0.15, 0.2) is 11.5 Å². The molecule has 0 heterocycles. The van der Waals surface area contributed by atoms with Gasteiger partial charge in [-0.05, 0) is 50.8 Å². The molecule has 0 fully saturated rings. The van der Waals surface area contributed by atoms with E-state index in [9.17, 15) is 0 Å². The van der Waals surface area contributed by atoms with Crippen LogP contribution in [0.2, 0.25) is 0 Å². The topological polar surface area (TPSA) is 44.5 Å². The van der Waals surface area contributed by atoms with Crippen LogP contribution in [0.5, 0.6) is 11.5 Å². The van der Waals surface area contributed by atoms with Gasteiger partial charge in [0.25, 0.3) is 0 Å². The molecular formula is C16H27NO2. The predicted molar refractivity (Wildman–Crippen MR) is 80.0 cm³/mol. The van der Waals surface area contributed by atoms with Gasteiger partial charge >= 0.3 is 0 Å². The molecule has 0 aromatic heterocycles. The fraction of sp³-hybridized carbons (Fsp3) is 0.625. The molecule has 0 aliphatic carbocycles. The van der Waals surface area contributed by atoms with E-state index in [1.165, 1.54) is 5.56 Å². The summed E-state index contributed by atoms with van der Waals surface area (Å²) in [6.07, 6.45) is 3.03. The molecule has 2 unspecified atom stereocenters. The molecule has 0 bridgehead atoms. The third-order valence-corrected chi connectivity index (χ3v) is 3.23. The van der Waals surface area contributed by atoms with Gasteiger partial charge in [-0.15, -0.1) is 0 Å². The van der Waals surface area contributed by atoms with Crippen LogP contribution in [0.3, 0.4) is 0 Å². The predicted octanol–water partition coefficient (Wildman–Crippen LogP) is 3.54. The summed E-state index contributed by atoms with van der Waals surface area (Å²) in [4.78, 5) is 0. The Kier molecular flexibility index (Phi) is 6.71. The van der Waals surface area contributed by atoms with Crippen LogP contribution in [0.15, 0.2) is 18.2 Å². The average Bonchev–Trinajstić information content (AvgIpc) is 2.41. The lowest BCUT2D eigenvalue weighted by Gasteiger charge is -2.17. The maximum atomic E-state index is 6.00. The third-order valence-electron chi connectivity index (χ3n) is 3.23. The van der Waals surface area contributed by atoms with Crippen LogP contribution in [0.25, 0.3) is 0 Å². The molecule has 0 radical (unpaired) electrons. The second-order valence-electron chi connectivity index (χ2n) is 4.92. The average molecular weight is 265 g/mol. The van der Waals surface area contributed by atoms with Gasteiger partial charge in [0.2, 0.25) is 0 Å². The Balaban J connectivity index is 2.87. The molecule has 2 N–H and O–H groups in total. The Morgan fingerprint density at radius 1 is 1.11 bits per heavy atom. The van der Waals surface area contributed by atoms with Gasteiger partial charge in [0, 0.05) is 6.04 Å². The van der Waals surface area contributed by atoms with Crippen molar-refractivity contribution in [2.24, 2.45) is 5.73 Å². The Hall–Kier alpha value is -1.22. The van der Waals surface area contributed by atoms with Gasteiger partial charge in [-0.3, -0.25) is 0 Å². The van der Waals surface area contributed by atoms with Crippen molar-refractivity contribution < 1.29 is 9.47 Å². The highest BCUT2D eigenvalue weighted by Gasteiger charge is 2.10. The summed E-state index contributed by atoms with van der Waals surface area (Å²) in [7, 11) is 0. The van der Waals surface area contributed by atoms with Crippen LogP contribution in [-0.4, -0.2) is 18.8 Å². The van der Waals surface area contributed by atoms with E-state index in [0.717, 1.165) is 30.8 Å². The Morgan fingerprint density at radius 2 is 1.84 bits per heavy atom. The molecule has 1 aromatic rings. The number of nitrogens with two attached hydrogens (primary N) is 1. The molecular weight excluding hydrogens is 238 g/mol. The molecule has 0 saturated heterocycles. The van der Waals surface area contributed by atoms with Gasteiger partial charge in [-0.25, -0.2) is 0 Å². The lowest BCUT2D eigenvalue weighted by Crippen LogP contribution is -2.21. The van der Waals surface area contributed by atoms with Crippen molar-refractivity contribution in [3.63, 3.8) is 0 Å². The van der Waals surface area contributed by atoms with Crippen LogP contribution in [0.1, 0.15) is 46.1 Å². The van der Waals surface area contributed by atoms with Crippen molar-refractivity contribution >= 4 is 0 Å². The SMILES string of the molecule is CCOc1cc(CC(N)CC)ccc1OC(C)CC. The third kappa shape index (κ3) is 5.11. The van der Waals surface area contributed by atoms with E-state index in [2.05, 4.69) is 32.9 Å². The normalized spacial score (nSPS) is 13.9. The van der Waals surface area contributed by atoms with Gasteiger partial charge in [0.1, 0.15) is 0 Å². The minimum absolute atomic E-state index is 0.197. The zero-order chi connectivity index (χ0) is 14.3. The van der Waals surface area contributed by atoms with Crippen molar-refractivity contribution in [1.82, 2.24) is 0 Å². The maximum absolute atomic E-state index is 6.00. The first-order chi connectivity index (χ1) is 9.10. The van der Waals surface area contributed by atoms with Crippen LogP contribution in [-0.2, 0) is 6.42 Å². The molecule has 0 saturated carbocycles. The Labute approximate surface area is 117 Å². The smallest absolute Gasteiger partial charge is 0.161 e. The molecule has 0 spiro atoms. The van der Waals surface area contributed by atoms with Gasteiger partial charge in [-0.1, -0.05) is 19.9 Å². The van der Waals surface area contributed by atoms with E-state index in [0.29, 0.717) is 6.61 Å². The number of hydrogen-bond donors (Lipinski definition) is 1. The summed E-state index contributed by atoms with van der Waals surface area (Å²) in [6.45, 7) is 8.91. The molecule has 2 atom stereocenters.